The molecule has 25 heavy (non-hydrogen) atoms. The van der Waals surface area contributed by atoms with Crippen LogP contribution in [0.15, 0.2) is 4.99 Å². The van der Waals surface area contributed by atoms with Crippen molar-refractivity contribution >= 4 is 5.96 Å². The fourth-order valence-electron chi connectivity index (χ4n) is 3.80. The zero-order valence-electron chi connectivity index (χ0n) is 15.6. The van der Waals surface area contributed by atoms with E-state index in [2.05, 4.69) is 34.4 Å². The van der Waals surface area contributed by atoms with Crippen molar-refractivity contribution in [2.75, 3.05) is 46.3 Å². The molecule has 0 saturated carbocycles. The second-order valence-electron chi connectivity index (χ2n) is 7.49. The van der Waals surface area contributed by atoms with Crippen LogP contribution in [-0.4, -0.2) is 80.3 Å². The maximum atomic E-state index is 12.5. The predicted molar refractivity (Wildman–Crippen MR) is 94.8 cm³/mol. The van der Waals surface area contributed by atoms with Crippen molar-refractivity contribution in [2.45, 2.75) is 51.4 Å². The molecule has 0 amide bonds. The van der Waals surface area contributed by atoms with E-state index in [1.807, 2.05) is 0 Å². The number of alkyl halides is 3. The molecule has 0 aromatic carbocycles. The molecule has 0 radical (unpaired) electrons. The smallest absolute Gasteiger partial charge is 0.355 e. The summed E-state index contributed by atoms with van der Waals surface area (Å²) < 4.78 is 37.5. The second-order valence-corrected chi connectivity index (χ2v) is 7.49. The van der Waals surface area contributed by atoms with Crippen LogP contribution in [0, 0.1) is 5.92 Å². The van der Waals surface area contributed by atoms with Crippen LogP contribution in [0.3, 0.4) is 0 Å². The van der Waals surface area contributed by atoms with Gasteiger partial charge in [0.05, 0.1) is 6.54 Å². The minimum absolute atomic E-state index is 0.0119. The van der Waals surface area contributed by atoms with Gasteiger partial charge in [-0.15, -0.1) is 0 Å². The molecule has 146 valence electrons. The van der Waals surface area contributed by atoms with Gasteiger partial charge in [-0.2, -0.15) is 13.2 Å². The van der Waals surface area contributed by atoms with Gasteiger partial charge in [-0.25, -0.2) is 0 Å². The molecule has 2 N–H and O–H groups in total. The Labute approximate surface area is 149 Å². The van der Waals surface area contributed by atoms with E-state index in [0.717, 1.165) is 19.6 Å². The fraction of sp³-hybridized carbons (Fsp3) is 0.941. The van der Waals surface area contributed by atoms with E-state index in [1.54, 1.807) is 7.05 Å². The highest BCUT2D eigenvalue weighted by Gasteiger charge is 2.34. The van der Waals surface area contributed by atoms with Gasteiger partial charge in [-0.1, -0.05) is 13.8 Å². The number of nitrogens with one attached hydrogen (secondary N) is 2. The third-order valence-electron chi connectivity index (χ3n) is 5.10. The van der Waals surface area contributed by atoms with Crippen molar-refractivity contribution in [3.8, 4) is 0 Å². The summed E-state index contributed by atoms with van der Waals surface area (Å²) in [5.41, 5.74) is 0. The zero-order valence-corrected chi connectivity index (χ0v) is 15.6. The summed E-state index contributed by atoms with van der Waals surface area (Å²) in [5.74, 6) is 1.22. The Balaban J connectivity index is 1.78. The Hall–Kier alpha value is -1.02. The molecular weight excluding hydrogens is 331 g/mol. The van der Waals surface area contributed by atoms with Crippen molar-refractivity contribution in [1.82, 2.24) is 20.4 Å². The van der Waals surface area contributed by atoms with Crippen LogP contribution in [0.25, 0.3) is 0 Å². The van der Waals surface area contributed by atoms with Gasteiger partial charge in [0.25, 0.3) is 0 Å². The van der Waals surface area contributed by atoms with Gasteiger partial charge in [0.1, 0.15) is 0 Å². The van der Waals surface area contributed by atoms with Gasteiger partial charge in [0.2, 0.25) is 0 Å². The first-order valence-electron chi connectivity index (χ1n) is 9.29. The summed E-state index contributed by atoms with van der Waals surface area (Å²) in [7, 11) is 1.71. The Morgan fingerprint density at radius 2 is 1.88 bits per heavy atom. The highest BCUT2D eigenvalue weighted by atomic mass is 19.4. The van der Waals surface area contributed by atoms with Crippen LogP contribution >= 0.6 is 0 Å². The minimum atomic E-state index is -4.13. The average molecular weight is 363 g/mol. The quantitative estimate of drug-likeness (QED) is 0.559. The average Bonchev–Trinajstić information content (AvgIpc) is 3.16. The molecule has 5 nitrogen and oxygen atoms in total. The zero-order chi connectivity index (χ0) is 18.4. The van der Waals surface area contributed by atoms with Crippen molar-refractivity contribution in [3.05, 3.63) is 0 Å². The molecule has 2 aliphatic heterocycles. The molecule has 2 heterocycles. The SMILES string of the molecule is CN=C(NCC(C(C)C)N1CCCC1)NC1CCN(CC(F)(F)F)C1. The minimum Gasteiger partial charge on any atom is -0.355 e. The maximum Gasteiger partial charge on any atom is 0.401 e. The Bertz CT molecular complexity index is 432. The highest BCUT2D eigenvalue weighted by Crippen LogP contribution is 2.20. The van der Waals surface area contributed by atoms with E-state index in [-0.39, 0.29) is 6.04 Å². The Morgan fingerprint density at radius 3 is 2.44 bits per heavy atom. The molecule has 2 unspecified atom stereocenters. The van der Waals surface area contributed by atoms with E-state index in [9.17, 15) is 13.2 Å². The molecule has 2 atom stereocenters. The number of halogens is 3. The number of rotatable bonds is 6. The van der Waals surface area contributed by atoms with E-state index >= 15 is 0 Å². The molecule has 8 heteroatoms. The Morgan fingerprint density at radius 1 is 1.20 bits per heavy atom. The molecule has 2 aliphatic rings. The third kappa shape index (κ3) is 6.66. The van der Waals surface area contributed by atoms with Crippen molar-refractivity contribution in [3.63, 3.8) is 0 Å². The number of guanidine groups is 1. The van der Waals surface area contributed by atoms with Gasteiger partial charge in [-0.05, 0) is 38.3 Å². The highest BCUT2D eigenvalue weighted by molar-refractivity contribution is 5.80. The summed E-state index contributed by atoms with van der Waals surface area (Å²) in [5, 5.41) is 6.65. The molecule has 0 spiro atoms. The lowest BCUT2D eigenvalue weighted by molar-refractivity contribution is -0.143. The lowest BCUT2D eigenvalue weighted by atomic mass is 10.0. The first-order valence-corrected chi connectivity index (χ1v) is 9.29. The standard InChI is InChI=1S/C17H32F3N5/c1-13(2)15(25-7-4-5-8-25)10-22-16(21-3)23-14-6-9-24(11-14)12-17(18,19)20/h13-15H,4-12H2,1-3H3,(H2,21,22,23). The predicted octanol–water partition coefficient (Wildman–Crippen LogP) is 1.91. The first kappa shape index (κ1) is 20.3. The topological polar surface area (TPSA) is 42.9 Å². The number of hydrogen-bond acceptors (Lipinski definition) is 3. The molecule has 0 aromatic heterocycles. The van der Waals surface area contributed by atoms with Crippen molar-refractivity contribution in [2.24, 2.45) is 10.9 Å². The maximum absolute atomic E-state index is 12.5. The van der Waals surface area contributed by atoms with Gasteiger partial charge in [0, 0.05) is 38.8 Å². The summed E-state index contributed by atoms with van der Waals surface area (Å²) >= 11 is 0. The summed E-state index contributed by atoms with van der Waals surface area (Å²) in [6.07, 6.45) is -0.911. The Kier molecular flexibility index (Phi) is 7.37. The fourth-order valence-corrected chi connectivity index (χ4v) is 3.80. The first-order chi connectivity index (χ1) is 11.8. The van der Waals surface area contributed by atoms with Crippen LogP contribution in [0.4, 0.5) is 13.2 Å². The van der Waals surface area contributed by atoms with E-state index in [0.29, 0.717) is 37.4 Å². The van der Waals surface area contributed by atoms with Crippen molar-refractivity contribution in [1.29, 1.82) is 0 Å². The molecule has 2 fully saturated rings. The van der Waals surface area contributed by atoms with E-state index < -0.39 is 12.7 Å². The number of hydrogen-bond donors (Lipinski definition) is 2. The van der Waals surface area contributed by atoms with Crippen LogP contribution in [-0.2, 0) is 0 Å². The van der Waals surface area contributed by atoms with Gasteiger partial charge in [-0.3, -0.25) is 14.8 Å². The molecule has 0 aliphatic carbocycles. The molecule has 2 rings (SSSR count). The summed E-state index contributed by atoms with van der Waals surface area (Å²) in [6, 6.07) is 0.462. The monoisotopic (exact) mass is 363 g/mol. The summed E-state index contributed by atoms with van der Waals surface area (Å²) in [6.45, 7) is 7.59. The van der Waals surface area contributed by atoms with Crippen LogP contribution in [0.2, 0.25) is 0 Å². The number of aliphatic imine (C=N–C) groups is 1. The third-order valence-corrected chi connectivity index (χ3v) is 5.10. The van der Waals surface area contributed by atoms with E-state index in [1.165, 1.54) is 17.7 Å². The number of nitrogens with zero attached hydrogens (tertiary/aromatic N) is 3. The summed E-state index contributed by atoms with van der Waals surface area (Å²) in [4.78, 5) is 8.21. The lowest BCUT2D eigenvalue weighted by Gasteiger charge is -2.31. The van der Waals surface area contributed by atoms with Crippen LogP contribution in [0.1, 0.15) is 33.1 Å². The van der Waals surface area contributed by atoms with Gasteiger partial charge < -0.3 is 10.6 Å². The normalized spacial score (nSPS) is 24.9. The lowest BCUT2D eigenvalue weighted by Crippen LogP contribution is -2.51. The molecule has 0 bridgehead atoms. The number of likely N-dealkylation sites (tertiary alicyclic amines) is 2. The molecule has 2 saturated heterocycles. The largest absolute Gasteiger partial charge is 0.401 e. The van der Waals surface area contributed by atoms with Gasteiger partial charge >= 0.3 is 6.18 Å². The molecule has 0 aromatic rings. The molecular formula is C17H32F3N5. The van der Waals surface area contributed by atoms with Gasteiger partial charge in [0.15, 0.2) is 5.96 Å². The van der Waals surface area contributed by atoms with Crippen LogP contribution < -0.4 is 10.6 Å². The van der Waals surface area contributed by atoms with Crippen molar-refractivity contribution < 1.29 is 13.2 Å². The van der Waals surface area contributed by atoms with Crippen LogP contribution in [0.5, 0.6) is 0 Å². The second kappa shape index (κ2) is 9.07. The van der Waals surface area contributed by atoms with E-state index in [4.69, 9.17) is 0 Å².